The van der Waals surface area contributed by atoms with Gasteiger partial charge in [0.05, 0.1) is 11.1 Å². The van der Waals surface area contributed by atoms with Gasteiger partial charge in [0.1, 0.15) is 11.2 Å². The van der Waals surface area contributed by atoms with Crippen LogP contribution in [-0.4, -0.2) is 0 Å². The van der Waals surface area contributed by atoms with Gasteiger partial charge in [0.2, 0.25) is 0 Å². The summed E-state index contributed by atoms with van der Waals surface area (Å²) in [5.41, 5.74) is 16.3. The molecule has 292 valence electrons. The third-order valence-corrected chi connectivity index (χ3v) is 13.7. The molecule has 0 amide bonds. The highest BCUT2D eigenvalue weighted by Gasteiger charge is 2.46. The molecule has 2 aliphatic rings. The zero-order valence-electron chi connectivity index (χ0n) is 34.1. The molecule has 1 heterocycles. The van der Waals surface area contributed by atoms with E-state index in [0.717, 1.165) is 39.0 Å². The molecule has 1 aromatic heterocycles. The molecule has 0 bridgehead atoms. The summed E-state index contributed by atoms with van der Waals surface area (Å²) in [6, 6.07) is 76.5. The highest BCUT2D eigenvalue weighted by molar-refractivity contribution is 6.08. The molecule has 0 atom stereocenters. The number of furan rings is 1. The van der Waals surface area contributed by atoms with Gasteiger partial charge in [0.15, 0.2) is 0 Å². The van der Waals surface area contributed by atoms with Crippen LogP contribution in [0.2, 0.25) is 0 Å². The predicted octanol–water partition coefficient (Wildman–Crippen LogP) is 16.3. The molecule has 9 aromatic carbocycles. The van der Waals surface area contributed by atoms with Crippen LogP contribution in [0.15, 0.2) is 211 Å². The minimum atomic E-state index is -0.523. The fourth-order valence-electron chi connectivity index (χ4n) is 11.1. The number of anilines is 3. The summed E-state index contributed by atoms with van der Waals surface area (Å²) in [6.45, 7) is 0. The smallest absolute Gasteiger partial charge is 0.135 e. The molecule has 0 saturated heterocycles. The van der Waals surface area contributed by atoms with Crippen LogP contribution in [0, 0.1) is 0 Å². The largest absolute Gasteiger partial charge is 0.456 e. The molecule has 0 spiro atoms. The van der Waals surface area contributed by atoms with E-state index in [9.17, 15) is 0 Å². The monoisotopic (exact) mass is 783 g/mol. The Morgan fingerprint density at radius 1 is 0.426 bits per heavy atom. The molecule has 2 heteroatoms. The van der Waals surface area contributed by atoms with Crippen molar-refractivity contribution in [2.75, 3.05) is 4.90 Å². The molecule has 2 nitrogen and oxygen atoms in total. The van der Waals surface area contributed by atoms with Crippen LogP contribution in [0.1, 0.15) is 65.8 Å². The SMILES string of the molecule is c1ccc(C2(c3cccc(N(c4ccc5oc6ccccc6c5c4)c4ccccc4-c4cccc5cccc(C6CCCCC6)c45)c3)c3ccccc3-c3ccccc32)cc1. The van der Waals surface area contributed by atoms with E-state index >= 15 is 0 Å². The highest BCUT2D eigenvalue weighted by atomic mass is 16.3. The molecule has 1 fully saturated rings. The van der Waals surface area contributed by atoms with Crippen molar-refractivity contribution < 1.29 is 4.42 Å². The van der Waals surface area contributed by atoms with E-state index in [4.69, 9.17) is 4.42 Å². The topological polar surface area (TPSA) is 16.4 Å². The first-order valence-electron chi connectivity index (χ1n) is 22.0. The molecule has 2 aliphatic carbocycles. The van der Waals surface area contributed by atoms with Crippen LogP contribution in [0.5, 0.6) is 0 Å². The van der Waals surface area contributed by atoms with Crippen molar-refractivity contribution in [2.24, 2.45) is 0 Å². The molecular weight excluding hydrogens is 739 g/mol. The van der Waals surface area contributed by atoms with Crippen LogP contribution < -0.4 is 4.90 Å². The van der Waals surface area contributed by atoms with Crippen molar-refractivity contribution >= 4 is 49.8 Å². The Balaban J connectivity index is 1.13. The standard InChI is InChI=1S/C59H45NO/c1-3-18-40(19-4-1)46-30-15-20-41-21-16-31-51(58(41)46)49-28-9-13-34-55(49)60(45-36-37-57-52(39-45)50-29-10-14-35-56(50)61-57)44-25-17-24-43(38-44)59(42-22-5-2-6-23-42)53-32-11-7-26-47(53)48-27-8-12-33-54(48)59/h2,5-17,20-40H,1,3-4,18-19H2. The van der Waals surface area contributed by atoms with Gasteiger partial charge in [0, 0.05) is 27.7 Å². The number of hydrogen-bond acceptors (Lipinski definition) is 2. The van der Waals surface area contributed by atoms with E-state index in [1.807, 2.05) is 6.07 Å². The zero-order valence-corrected chi connectivity index (χ0v) is 34.1. The Morgan fingerprint density at radius 3 is 1.84 bits per heavy atom. The summed E-state index contributed by atoms with van der Waals surface area (Å²) >= 11 is 0. The van der Waals surface area contributed by atoms with E-state index < -0.39 is 5.41 Å². The molecule has 12 rings (SSSR count). The number of para-hydroxylation sites is 2. The molecule has 10 aromatic rings. The molecule has 61 heavy (non-hydrogen) atoms. The average Bonchev–Trinajstić information content (AvgIpc) is 3.86. The Labute approximate surface area is 357 Å². The summed E-state index contributed by atoms with van der Waals surface area (Å²) in [6.07, 6.45) is 6.44. The molecule has 0 aliphatic heterocycles. The quantitative estimate of drug-likeness (QED) is 0.160. The van der Waals surface area contributed by atoms with Gasteiger partial charge in [-0.3, -0.25) is 0 Å². The lowest BCUT2D eigenvalue weighted by atomic mass is 9.67. The van der Waals surface area contributed by atoms with Gasteiger partial charge in [0.25, 0.3) is 0 Å². The molecule has 1 saturated carbocycles. The maximum Gasteiger partial charge on any atom is 0.135 e. The second-order valence-electron chi connectivity index (χ2n) is 17.0. The van der Waals surface area contributed by atoms with Gasteiger partial charge < -0.3 is 9.32 Å². The van der Waals surface area contributed by atoms with Gasteiger partial charge in [-0.1, -0.05) is 183 Å². The summed E-state index contributed by atoms with van der Waals surface area (Å²) in [4.78, 5) is 2.49. The normalized spacial score (nSPS) is 14.6. The molecule has 0 N–H and O–H groups in total. The van der Waals surface area contributed by atoms with Crippen molar-refractivity contribution in [1.29, 1.82) is 0 Å². The van der Waals surface area contributed by atoms with Crippen LogP contribution in [0.3, 0.4) is 0 Å². The predicted molar refractivity (Wildman–Crippen MR) is 254 cm³/mol. The van der Waals surface area contributed by atoms with Crippen LogP contribution in [0.25, 0.3) is 55.0 Å². The van der Waals surface area contributed by atoms with Gasteiger partial charge >= 0.3 is 0 Å². The van der Waals surface area contributed by atoms with Gasteiger partial charge in [-0.2, -0.15) is 0 Å². The maximum absolute atomic E-state index is 6.41. The third-order valence-electron chi connectivity index (χ3n) is 13.7. The van der Waals surface area contributed by atoms with Crippen molar-refractivity contribution in [1.82, 2.24) is 0 Å². The van der Waals surface area contributed by atoms with E-state index in [1.54, 1.807) is 0 Å². The van der Waals surface area contributed by atoms with Crippen LogP contribution >= 0.6 is 0 Å². The van der Waals surface area contributed by atoms with Crippen molar-refractivity contribution in [3.05, 3.63) is 234 Å². The third kappa shape index (κ3) is 5.62. The first-order chi connectivity index (χ1) is 30.3. The number of nitrogens with zero attached hydrogens (tertiary/aromatic N) is 1. The van der Waals surface area contributed by atoms with E-state index in [-0.39, 0.29) is 0 Å². The Bertz CT molecular complexity index is 3210. The minimum absolute atomic E-state index is 0.523. The molecular formula is C59H45NO. The fraction of sp³-hybridized carbons (Fsp3) is 0.119. The highest BCUT2D eigenvalue weighted by Crippen LogP contribution is 2.57. The molecule has 0 unspecified atom stereocenters. The van der Waals surface area contributed by atoms with Crippen LogP contribution in [-0.2, 0) is 5.41 Å². The van der Waals surface area contributed by atoms with Gasteiger partial charge in [-0.15, -0.1) is 0 Å². The second-order valence-corrected chi connectivity index (χ2v) is 17.0. The second kappa shape index (κ2) is 14.5. The summed E-state index contributed by atoms with van der Waals surface area (Å²) < 4.78 is 6.41. The lowest BCUT2D eigenvalue weighted by molar-refractivity contribution is 0.445. The Kier molecular flexibility index (Phi) is 8.52. The average molecular weight is 784 g/mol. The fourth-order valence-corrected chi connectivity index (χ4v) is 11.1. The van der Waals surface area contributed by atoms with E-state index in [0.29, 0.717) is 5.92 Å². The number of benzene rings is 9. The van der Waals surface area contributed by atoms with Gasteiger partial charge in [-0.05, 0) is 117 Å². The van der Waals surface area contributed by atoms with E-state index in [1.165, 1.54) is 92.9 Å². The van der Waals surface area contributed by atoms with Crippen molar-refractivity contribution in [2.45, 2.75) is 43.4 Å². The summed E-state index contributed by atoms with van der Waals surface area (Å²) in [5.74, 6) is 0.571. The zero-order chi connectivity index (χ0) is 40.3. The minimum Gasteiger partial charge on any atom is -0.456 e. The van der Waals surface area contributed by atoms with E-state index in [2.05, 4.69) is 205 Å². The lowest BCUT2D eigenvalue weighted by Gasteiger charge is -2.35. The number of rotatable bonds is 7. The first-order valence-corrected chi connectivity index (χ1v) is 22.0. The number of hydrogen-bond donors (Lipinski definition) is 0. The lowest BCUT2D eigenvalue weighted by Crippen LogP contribution is -2.28. The van der Waals surface area contributed by atoms with Crippen molar-refractivity contribution in [3.8, 4) is 22.3 Å². The van der Waals surface area contributed by atoms with Gasteiger partial charge in [-0.25, -0.2) is 0 Å². The Morgan fingerprint density at radius 2 is 1.03 bits per heavy atom. The summed E-state index contributed by atoms with van der Waals surface area (Å²) in [5, 5.41) is 4.92. The first kappa shape index (κ1) is 35.8. The maximum atomic E-state index is 6.41. The Hall–Kier alpha value is -7.16. The van der Waals surface area contributed by atoms with Crippen molar-refractivity contribution in [3.63, 3.8) is 0 Å². The van der Waals surface area contributed by atoms with Crippen LogP contribution in [0.4, 0.5) is 17.1 Å². The summed E-state index contributed by atoms with van der Waals surface area (Å²) in [7, 11) is 0. The number of fused-ring (bicyclic) bond motifs is 7. The molecule has 0 radical (unpaired) electrons.